The summed E-state index contributed by atoms with van der Waals surface area (Å²) in [6.07, 6.45) is 7.71. The van der Waals surface area contributed by atoms with Crippen molar-refractivity contribution in [1.82, 2.24) is 14.9 Å². The number of rotatable bonds is 2. The summed E-state index contributed by atoms with van der Waals surface area (Å²) in [6.45, 7) is 2.96. The summed E-state index contributed by atoms with van der Waals surface area (Å²) in [5, 5.41) is 0. The highest BCUT2D eigenvalue weighted by molar-refractivity contribution is 5.79. The van der Waals surface area contributed by atoms with Crippen LogP contribution in [0.25, 0.3) is 0 Å². The number of fused-ring (bicyclic) bond motifs is 2. The van der Waals surface area contributed by atoms with Gasteiger partial charge in [0, 0.05) is 49.1 Å². The standard InChI is InChI=1S/C20H27N3O3/c24-18-15-4-8-20(16(15)21-17(22-18)13-2-3-13)7-1-9-23(12-20)19(25)14-5-10-26-11-6-14/h13-14H,1-12H2,(H,21,22,24). The van der Waals surface area contributed by atoms with Gasteiger partial charge in [-0.2, -0.15) is 0 Å². The second-order valence-electron chi connectivity index (χ2n) is 8.58. The SMILES string of the molecule is O=C(C1CCOCC1)N1CCCC2(CCc3c2nc(C2CC2)[nH]c3=O)C1. The molecule has 2 aliphatic carbocycles. The molecule has 26 heavy (non-hydrogen) atoms. The maximum Gasteiger partial charge on any atom is 0.254 e. The van der Waals surface area contributed by atoms with Gasteiger partial charge in [0.05, 0.1) is 5.69 Å². The number of aromatic nitrogens is 2. The van der Waals surface area contributed by atoms with Gasteiger partial charge in [-0.25, -0.2) is 4.98 Å². The molecule has 1 spiro atoms. The molecule has 3 fully saturated rings. The molecule has 2 saturated heterocycles. The van der Waals surface area contributed by atoms with Gasteiger partial charge < -0.3 is 14.6 Å². The van der Waals surface area contributed by atoms with E-state index >= 15 is 0 Å². The summed E-state index contributed by atoms with van der Waals surface area (Å²) in [5.74, 6) is 1.71. The Morgan fingerprint density at radius 3 is 2.77 bits per heavy atom. The van der Waals surface area contributed by atoms with Gasteiger partial charge in [-0.1, -0.05) is 0 Å². The zero-order valence-corrected chi connectivity index (χ0v) is 15.3. The fourth-order valence-electron chi connectivity index (χ4n) is 5.14. The zero-order chi connectivity index (χ0) is 17.7. The van der Waals surface area contributed by atoms with Gasteiger partial charge >= 0.3 is 0 Å². The first kappa shape index (κ1) is 16.5. The fraction of sp³-hybridized carbons (Fsp3) is 0.750. The highest BCUT2D eigenvalue weighted by Gasteiger charge is 2.46. The van der Waals surface area contributed by atoms with Crippen LogP contribution in [0.1, 0.15) is 67.9 Å². The molecule has 1 atom stereocenters. The number of carbonyl (C=O) groups is 1. The van der Waals surface area contributed by atoms with Gasteiger partial charge in [-0.05, 0) is 51.4 Å². The number of hydrogen-bond acceptors (Lipinski definition) is 4. The zero-order valence-electron chi connectivity index (χ0n) is 15.3. The van der Waals surface area contributed by atoms with Crippen molar-refractivity contribution < 1.29 is 9.53 Å². The van der Waals surface area contributed by atoms with Crippen molar-refractivity contribution >= 4 is 5.91 Å². The van der Waals surface area contributed by atoms with E-state index in [2.05, 4.69) is 9.88 Å². The van der Waals surface area contributed by atoms with E-state index in [-0.39, 0.29) is 22.8 Å². The number of ether oxygens (including phenoxy) is 1. The second-order valence-corrected chi connectivity index (χ2v) is 8.58. The first-order chi connectivity index (χ1) is 12.7. The third-order valence-corrected chi connectivity index (χ3v) is 6.81. The monoisotopic (exact) mass is 357 g/mol. The van der Waals surface area contributed by atoms with Gasteiger partial charge in [-0.15, -0.1) is 0 Å². The van der Waals surface area contributed by atoms with Crippen LogP contribution in [-0.4, -0.2) is 47.1 Å². The minimum Gasteiger partial charge on any atom is -0.381 e. The first-order valence-electron chi connectivity index (χ1n) is 10.2. The second kappa shape index (κ2) is 6.19. The van der Waals surface area contributed by atoms with Crippen molar-refractivity contribution in [2.24, 2.45) is 5.92 Å². The lowest BCUT2D eigenvalue weighted by atomic mass is 9.77. The Balaban J connectivity index is 1.43. The van der Waals surface area contributed by atoms with E-state index in [4.69, 9.17) is 9.72 Å². The summed E-state index contributed by atoms with van der Waals surface area (Å²) < 4.78 is 5.41. The lowest BCUT2D eigenvalue weighted by Crippen LogP contribution is -2.50. The molecule has 6 nitrogen and oxygen atoms in total. The van der Waals surface area contributed by atoms with E-state index in [1.165, 1.54) is 0 Å². The van der Waals surface area contributed by atoms with E-state index in [1.54, 1.807) is 0 Å². The fourth-order valence-corrected chi connectivity index (χ4v) is 5.14. The van der Waals surface area contributed by atoms with Gasteiger partial charge in [0.15, 0.2) is 0 Å². The molecule has 5 rings (SSSR count). The number of H-pyrrole nitrogens is 1. The maximum atomic E-state index is 13.0. The number of amides is 1. The molecule has 140 valence electrons. The van der Waals surface area contributed by atoms with Crippen molar-refractivity contribution in [2.75, 3.05) is 26.3 Å². The lowest BCUT2D eigenvalue weighted by molar-refractivity contribution is -0.140. The molecule has 3 heterocycles. The highest BCUT2D eigenvalue weighted by Crippen LogP contribution is 2.45. The third-order valence-electron chi connectivity index (χ3n) is 6.81. The van der Waals surface area contributed by atoms with Crippen molar-refractivity contribution in [1.29, 1.82) is 0 Å². The van der Waals surface area contributed by atoms with Crippen LogP contribution in [0.2, 0.25) is 0 Å². The van der Waals surface area contributed by atoms with Crippen molar-refractivity contribution in [3.63, 3.8) is 0 Å². The summed E-state index contributed by atoms with van der Waals surface area (Å²) >= 11 is 0. The number of carbonyl (C=O) groups excluding carboxylic acids is 1. The lowest BCUT2D eigenvalue weighted by Gasteiger charge is -2.42. The molecule has 0 radical (unpaired) electrons. The molecule has 1 unspecified atom stereocenters. The number of nitrogens with zero attached hydrogens (tertiary/aromatic N) is 2. The molecular formula is C20H27N3O3. The molecule has 0 bridgehead atoms. The summed E-state index contributed by atoms with van der Waals surface area (Å²) in [6, 6.07) is 0. The molecule has 2 aliphatic heterocycles. The normalized spacial score (nSPS) is 29.2. The first-order valence-corrected chi connectivity index (χ1v) is 10.2. The molecule has 1 N–H and O–H groups in total. The number of aromatic amines is 1. The van der Waals surface area contributed by atoms with Crippen molar-refractivity contribution in [3.05, 3.63) is 27.4 Å². The minimum atomic E-state index is -0.105. The molecule has 0 aromatic carbocycles. The Morgan fingerprint density at radius 1 is 1.19 bits per heavy atom. The van der Waals surface area contributed by atoms with Crippen LogP contribution in [0, 0.1) is 5.92 Å². The van der Waals surface area contributed by atoms with Gasteiger partial charge in [0.25, 0.3) is 5.56 Å². The Bertz CT molecular complexity index is 779. The summed E-state index contributed by atoms with van der Waals surface area (Å²) in [7, 11) is 0. The maximum absolute atomic E-state index is 13.0. The van der Waals surface area contributed by atoms with Crippen molar-refractivity contribution in [3.8, 4) is 0 Å². The molecule has 1 saturated carbocycles. The molecule has 1 amide bonds. The Hall–Kier alpha value is -1.69. The van der Waals surface area contributed by atoms with Gasteiger partial charge in [0.2, 0.25) is 5.91 Å². The van der Waals surface area contributed by atoms with Crippen LogP contribution >= 0.6 is 0 Å². The Kier molecular flexibility index (Phi) is 3.92. The molecule has 6 heteroatoms. The molecule has 1 aromatic rings. The van der Waals surface area contributed by atoms with Crippen LogP contribution in [0.5, 0.6) is 0 Å². The molecule has 1 aromatic heterocycles. The van der Waals surface area contributed by atoms with Gasteiger partial charge in [0.1, 0.15) is 5.82 Å². The van der Waals surface area contributed by atoms with Crippen LogP contribution in [-0.2, 0) is 21.4 Å². The van der Waals surface area contributed by atoms with Gasteiger partial charge in [-0.3, -0.25) is 9.59 Å². The largest absolute Gasteiger partial charge is 0.381 e. The van der Waals surface area contributed by atoms with E-state index < -0.39 is 0 Å². The minimum absolute atomic E-state index is 0.0571. The third kappa shape index (κ3) is 2.70. The molecular weight excluding hydrogens is 330 g/mol. The summed E-state index contributed by atoms with van der Waals surface area (Å²) in [5.41, 5.74) is 1.83. The number of likely N-dealkylation sites (tertiary alicyclic amines) is 1. The number of piperidine rings is 1. The summed E-state index contributed by atoms with van der Waals surface area (Å²) in [4.78, 5) is 35.6. The topological polar surface area (TPSA) is 75.3 Å². The average Bonchev–Trinajstić information content (AvgIpc) is 3.47. The molecule has 4 aliphatic rings. The van der Waals surface area contributed by atoms with E-state index in [9.17, 15) is 9.59 Å². The highest BCUT2D eigenvalue weighted by atomic mass is 16.5. The predicted molar refractivity (Wildman–Crippen MR) is 96.2 cm³/mol. The van der Waals surface area contributed by atoms with Crippen LogP contribution in [0.15, 0.2) is 4.79 Å². The van der Waals surface area contributed by atoms with Crippen LogP contribution < -0.4 is 5.56 Å². The quantitative estimate of drug-likeness (QED) is 0.877. The van der Waals surface area contributed by atoms with Crippen LogP contribution in [0.3, 0.4) is 0 Å². The number of nitrogens with one attached hydrogen (secondary N) is 1. The Morgan fingerprint density at radius 2 is 2.00 bits per heavy atom. The number of hydrogen-bond donors (Lipinski definition) is 1. The Labute approximate surface area is 153 Å². The van der Waals surface area contributed by atoms with E-state index in [0.717, 1.165) is 81.5 Å². The van der Waals surface area contributed by atoms with Crippen molar-refractivity contribution in [2.45, 2.75) is 62.7 Å². The average molecular weight is 357 g/mol. The van der Waals surface area contributed by atoms with E-state index in [1.807, 2.05) is 0 Å². The predicted octanol–water partition coefficient (Wildman–Crippen LogP) is 1.88. The smallest absolute Gasteiger partial charge is 0.254 e. The van der Waals surface area contributed by atoms with E-state index in [0.29, 0.717) is 19.1 Å². The van der Waals surface area contributed by atoms with Crippen LogP contribution in [0.4, 0.5) is 0 Å².